The number of anilines is 1. The molecule has 19 heavy (non-hydrogen) atoms. The molecule has 0 aromatic heterocycles. The van der Waals surface area contributed by atoms with Crippen molar-refractivity contribution in [3.63, 3.8) is 0 Å². The monoisotopic (exact) mass is 264 g/mol. The van der Waals surface area contributed by atoms with Gasteiger partial charge in [0.05, 0.1) is 20.6 Å². The summed E-state index contributed by atoms with van der Waals surface area (Å²) in [5.41, 5.74) is 1.60. The first-order chi connectivity index (χ1) is 9.00. The Hall–Kier alpha value is -1.88. The van der Waals surface area contributed by atoms with Crippen LogP contribution in [0.15, 0.2) is 24.3 Å². The summed E-state index contributed by atoms with van der Waals surface area (Å²) < 4.78 is 0. The minimum absolute atomic E-state index is 0.519. The summed E-state index contributed by atoms with van der Waals surface area (Å²) in [5.74, 6) is -1.21. The number of para-hydroxylation sites is 1. The fourth-order valence-corrected chi connectivity index (χ4v) is 1.62. The molecule has 1 aromatic carbocycles. The zero-order valence-corrected chi connectivity index (χ0v) is 11.7. The summed E-state index contributed by atoms with van der Waals surface area (Å²) in [5, 5.41) is 5.22. The van der Waals surface area contributed by atoms with E-state index in [1.54, 1.807) is 6.07 Å². The number of amides is 2. The van der Waals surface area contributed by atoms with Gasteiger partial charge in [-0.1, -0.05) is 18.2 Å². The number of carbonyl (C=O) groups excluding carboxylic acids is 2. The SMILES string of the molecule is Cc1ccccc1NC(=O)C(=O)NCCC[NH+](C)C. The number of nitrogens with one attached hydrogen (secondary N) is 3. The van der Waals surface area contributed by atoms with E-state index in [0.29, 0.717) is 12.2 Å². The van der Waals surface area contributed by atoms with Crippen LogP contribution in [0.5, 0.6) is 0 Å². The van der Waals surface area contributed by atoms with Crippen LogP contribution in [0.4, 0.5) is 5.69 Å². The second-order valence-corrected chi connectivity index (χ2v) is 4.84. The molecule has 1 rings (SSSR count). The smallest absolute Gasteiger partial charge is 0.313 e. The summed E-state index contributed by atoms with van der Waals surface area (Å²) in [6.45, 7) is 3.36. The number of benzene rings is 1. The van der Waals surface area contributed by atoms with Gasteiger partial charge in [-0.05, 0) is 18.6 Å². The third-order valence-electron chi connectivity index (χ3n) is 2.74. The number of quaternary nitrogens is 1. The second kappa shape index (κ2) is 7.53. The average Bonchev–Trinajstić information content (AvgIpc) is 2.36. The molecule has 5 nitrogen and oxygen atoms in total. The Balaban J connectivity index is 2.37. The molecule has 0 bridgehead atoms. The summed E-state index contributed by atoms with van der Waals surface area (Å²) in [6.07, 6.45) is 0.853. The van der Waals surface area contributed by atoms with Gasteiger partial charge in [-0.15, -0.1) is 0 Å². The number of hydrogen-bond donors (Lipinski definition) is 3. The number of aryl methyl sites for hydroxylation is 1. The molecule has 0 saturated heterocycles. The zero-order valence-electron chi connectivity index (χ0n) is 11.7. The lowest BCUT2D eigenvalue weighted by Crippen LogP contribution is -3.05. The highest BCUT2D eigenvalue weighted by Crippen LogP contribution is 2.12. The highest BCUT2D eigenvalue weighted by atomic mass is 16.2. The van der Waals surface area contributed by atoms with Crippen LogP contribution in [0.3, 0.4) is 0 Å². The van der Waals surface area contributed by atoms with Crippen LogP contribution in [0.25, 0.3) is 0 Å². The first-order valence-corrected chi connectivity index (χ1v) is 6.44. The molecular formula is C14H22N3O2+. The predicted octanol–water partition coefficient (Wildman–Crippen LogP) is -0.416. The molecule has 0 aliphatic rings. The molecule has 5 heteroatoms. The molecule has 104 valence electrons. The maximum Gasteiger partial charge on any atom is 0.313 e. The fourth-order valence-electron chi connectivity index (χ4n) is 1.62. The third-order valence-corrected chi connectivity index (χ3v) is 2.74. The first kappa shape index (κ1) is 15.2. The maximum absolute atomic E-state index is 11.7. The highest BCUT2D eigenvalue weighted by Gasteiger charge is 2.13. The van der Waals surface area contributed by atoms with E-state index in [0.717, 1.165) is 18.5 Å². The minimum Gasteiger partial charge on any atom is -0.348 e. The van der Waals surface area contributed by atoms with E-state index in [4.69, 9.17) is 0 Å². The summed E-state index contributed by atoms with van der Waals surface area (Å²) in [7, 11) is 4.10. The largest absolute Gasteiger partial charge is 0.348 e. The summed E-state index contributed by atoms with van der Waals surface area (Å²) in [6, 6.07) is 7.36. The van der Waals surface area contributed by atoms with Crippen LogP contribution in [0, 0.1) is 6.92 Å². The van der Waals surface area contributed by atoms with Crippen molar-refractivity contribution in [1.29, 1.82) is 0 Å². The lowest BCUT2D eigenvalue weighted by Gasteiger charge is -2.09. The van der Waals surface area contributed by atoms with Crippen LogP contribution in [0.1, 0.15) is 12.0 Å². The van der Waals surface area contributed by atoms with Crippen molar-refractivity contribution in [3.05, 3.63) is 29.8 Å². The average molecular weight is 264 g/mol. The fraction of sp³-hybridized carbons (Fsp3) is 0.429. The molecule has 0 unspecified atom stereocenters. The highest BCUT2D eigenvalue weighted by molar-refractivity contribution is 6.39. The quantitative estimate of drug-likeness (QED) is 0.500. The van der Waals surface area contributed by atoms with Crippen LogP contribution in [0.2, 0.25) is 0 Å². The van der Waals surface area contributed by atoms with E-state index in [2.05, 4.69) is 10.6 Å². The lowest BCUT2D eigenvalue weighted by atomic mass is 10.2. The third kappa shape index (κ3) is 5.52. The number of carbonyl (C=O) groups is 2. The van der Waals surface area contributed by atoms with Gasteiger partial charge >= 0.3 is 11.8 Å². The second-order valence-electron chi connectivity index (χ2n) is 4.84. The van der Waals surface area contributed by atoms with Crippen molar-refractivity contribution in [1.82, 2.24) is 5.32 Å². The molecule has 3 N–H and O–H groups in total. The van der Waals surface area contributed by atoms with E-state index < -0.39 is 11.8 Å². The van der Waals surface area contributed by atoms with E-state index in [9.17, 15) is 9.59 Å². The molecule has 0 aliphatic carbocycles. The van der Waals surface area contributed by atoms with Crippen molar-refractivity contribution in [2.45, 2.75) is 13.3 Å². The van der Waals surface area contributed by atoms with Gasteiger partial charge in [-0.25, -0.2) is 0 Å². The molecule has 0 aliphatic heterocycles. The number of hydrogen-bond acceptors (Lipinski definition) is 2. The van der Waals surface area contributed by atoms with Crippen molar-refractivity contribution in [2.75, 3.05) is 32.5 Å². The number of rotatable bonds is 5. The Kier molecular flexibility index (Phi) is 6.02. The van der Waals surface area contributed by atoms with E-state index >= 15 is 0 Å². The van der Waals surface area contributed by atoms with Gasteiger partial charge in [0.2, 0.25) is 0 Å². The van der Waals surface area contributed by atoms with Gasteiger partial charge in [0.1, 0.15) is 0 Å². The van der Waals surface area contributed by atoms with Crippen LogP contribution >= 0.6 is 0 Å². The van der Waals surface area contributed by atoms with E-state index in [1.165, 1.54) is 4.90 Å². The van der Waals surface area contributed by atoms with Gasteiger partial charge in [0, 0.05) is 18.7 Å². The van der Waals surface area contributed by atoms with Crippen molar-refractivity contribution in [2.24, 2.45) is 0 Å². The molecule has 0 radical (unpaired) electrons. The lowest BCUT2D eigenvalue weighted by molar-refractivity contribution is -0.858. The van der Waals surface area contributed by atoms with Gasteiger partial charge in [0.15, 0.2) is 0 Å². The van der Waals surface area contributed by atoms with Gasteiger partial charge in [0.25, 0.3) is 0 Å². The molecular weight excluding hydrogens is 242 g/mol. The van der Waals surface area contributed by atoms with Crippen molar-refractivity contribution >= 4 is 17.5 Å². The van der Waals surface area contributed by atoms with E-state index in [-0.39, 0.29) is 0 Å². The Bertz CT molecular complexity index is 444. The van der Waals surface area contributed by atoms with Crippen LogP contribution in [-0.4, -0.2) is 39.0 Å². The molecule has 0 fully saturated rings. The van der Waals surface area contributed by atoms with E-state index in [1.807, 2.05) is 39.2 Å². The Morgan fingerprint density at radius 3 is 2.47 bits per heavy atom. The Morgan fingerprint density at radius 2 is 1.84 bits per heavy atom. The molecule has 0 heterocycles. The molecule has 0 saturated carbocycles. The topological polar surface area (TPSA) is 62.6 Å². The van der Waals surface area contributed by atoms with Gasteiger partial charge in [-0.3, -0.25) is 9.59 Å². The minimum atomic E-state index is -0.619. The summed E-state index contributed by atoms with van der Waals surface area (Å²) in [4.78, 5) is 24.6. The van der Waals surface area contributed by atoms with Gasteiger partial charge in [-0.2, -0.15) is 0 Å². The molecule has 2 amide bonds. The molecule has 0 atom stereocenters. The van der Waals surface area contributed by atoms with Crippen LogP contribution < -0.4 is 15.5 Å². The van der Waals surface area contributed by atoms with Crippen LogP contribution in [-0.2, 0) is 9.59 Å². The normalized spacial score (nSPS) is 10.3. The standard InChI is InChI=1S/C14H21N3O2/c1-11-7-4-5-8-12(11)16-14(19)13(18)15-9-6-10-17(2)3/h4-5,7-8H,6,9-10H2,1-3H3,(H,15,18)(H,16,19)/p+1. The van der Waals surface area contributed by atoms with Crippen molar-refractivity contribution in [3.8, 4) is 0 Å². The predicted molar refractivity (Wildman–Crippen MR) is 75.1 cm³/mol. The maximum atomic E-state index is 11.7. The van der Waals surface area contributed by atoms with Gasteiger partial charge < -0.3 is 15.5 Å². The molecule has 1 aromatic rings. The van der Waals surface area contributed by atoms with Crippen molar-refractivity contribution < 1.29 is 14.5 Å². The zero-order chi connectivity index (χ0) is 14.3. The first-order valence-electron chi connectivity index (χ1n) is 6.44. The summed E-state index contributed by atoms with van der Waals surface area (Å²) >= 11 is 0. The Morgan fingerprint density at radius 1 is 1.16 bits per heavy atom. The Labute approximate surface area is 114 Å². The molecule has 0 spiro atoms.